The highest BCUT2D eigenvalue weighted by molar-refractivity contribution is 5.40. The third-order valence-corrected chi connectivity index (χ3v) is 4.37. The Labute approximate surface area is 126 Å². The van der Waals surface area contributed by atoms with Gasteiger partial charge in [-0.25, -0.2) is 0 Å². The molecule has 0 heterocycles. The van der Waals surface area contributed by atoms with E-state index in [-0.39, 0.29) is 5.41 Å². The summed E-state index contributed by atoms with van der Waals surface area (Å²) in [6.07, 6.45) is 5.34. The van der Waals surface area contributed by atoms with Crippen LogP contribution in [0.15, 0.2) is 18.2 Å². The fourth-order valence-corrected chi connectivity index (χ4v) is 2.45. The SMILES string of the molecule is COc1ccc(OCC2(CC#N)CC2)c(CNC2CC2)c1. The van der Waals surface area contributed by atoms with Gasteiger partial charge in [-0.1, -0.05) is 0 Å². The molecule has 2 aliphatic rings. The molecule has 0 spiro atoms. The highest BCUT2D eigenvalue weighted by Crippen LogP contribution is 2.48. The molecule has 0 bridgehead atoms. The van der Waals surface area contributed by atoms with Gasteiger partial charge in [0.2, 0.25) is 0 Å². The van der Waals surface area contributed by atoms with Crippen LogP contribution in [0.5, 0.6) is 11.5 Å². The van der Waals surface area contributed by atoms with Gasteiger partial charge in [0.15, 0.2) is 0 Å². The van der Waals surface area contributed by atoms with Crippen molar-refractivity contribution in [2.75, 3.05) is 13.7 Å². The largest absolute Gasteiger partial charge is 0.497 e. The first-order chi connectivity index (χ1) is 10.2. The first-order valence-corrected chi connectivity index (χ1v) is 7.65. The van der Waals surface area contributed by atoms with Crippen molar-refractivity contribution in [1.82, 2.24) is 5.32 Å². The number of rotatable bonds is 8. The first kappa shape index (κ1) is 14.2. The highest BCUT2D eigenvalue weighted by atomic mass is 16.5. The molecule has 0 aliphatic heterocycles. The summed E-state index contributed by atoms with van der Waals surface area (Å²) >= 11 is 0. The van der Waals surface area contributed by atoms with Crippen molar-refractivity contribution in [1.29, 1.82) is 5.26 Å². The minimum atomic E-state index is 0.107. The van der Waals surface area contributed by atoms with Gasteiger partial charge >= 0.3 is 0 Å². The van der Waals surface area contributed by atoms with Crippen LogP contribution in [-0.2, 0) is 6.54 Å². The molecule has 0 saturated heterocycles. The Morgan fingerprint density at radius 1 is 1.38 bits per heavy atom. The van der Waals surface area contributed by atoms with Crippen molar-refractivity contribution < 1.29 is 9.47 Å². The summed E-state index contributed by atoms with van der Waals surface area (Å²) in [5, 5.41) is 12.4. The highest BCUT2D eigenvalue weighted by Gasteiger charge is 2.43. The Morgan fingerprint density at radius 3 is 2.81 bits per heavy atom. The van der Waals surface area contributed by atoms with Gasteiger partial charge in [-0.15, -0.1) is 0 Å². The van der Waals surface area contributed by atoms with E-state index in [0.717, 1.165) is 36.4 Å². The van der Waals surface area contributed by atoms with Gasteiger partial charge < -0.3 is 14.8 Å². The first-order valence-electron chi connectivity index (χ1n) is 7.65. The molecule has 2 aliphatic carbocycles. The topological polar surface area (TPSA) is 54.3 Å². The molecule has 3 rings (SSSR count). The Balaban J connectivity index is 1.65. The number of ether oxygens (including phenoxy) is 2. The minimum Gasteiger partial charge on any atom is -0.497 e. The molecule has 1 N–H and O–H groups in total. The Bertz CT molecular complexity index is 542. The molecule has 0 aromatic heterocycles. The van der Waals surface area contributed by atoms with Crippen LogP contribution in [0, 0.1) is 16.7 Å². The number of nitrogens with zero attached hydrogens (tertiary/aromatic N) is 1. The zero-order chi connectivity index (χ0) is 14.7. The van der Waals surface area contributed by atoms with Crippen LogP contribution in [0.25, 0.3) is 0 Å². The second-order valence-electron chi connectivity index (χ2n) is 6.25. The monoisotopic (exact) mass is 286 g/mol. The van der Waals surface area contributed by atoms with Gasteiger partial charge in [0.1, 0.15) is 11.5 Å². The van der Waals surface area contributed by atoms with E-state index in [1.54, 1.807) is 7.11 Å². The molecule has 0 unspecified atom stereocenters. The van der Waals surface area contributed by atoms with Crippen molar-refractivity contribution in [3.05, 3.63) is 23.8 Å². The Morgan fingerprint density at radius 2 is 2.19 bits per heavy atom. The maximum atomic E-state index is 8.88. The molecule has 2 saturated carbocycles. The summed E-state index contributed by atoms with van der Waals surface area (Å²) in [5.41, 5.74) is 1.24. The van der Waals surface area contributed by atoms with E-state index >= 15 is 0 Å². The summed E-state index contributed by atoms with van der Waals surface area (Å²) in [7, 11) is 1.68. The van der Waals surface area contributed by atoms with E-state index in [4.69, 9.17) is 14.7 Å². The maximum Gasteiger partial charge on any atom is 0.124 e. The fraction of sp³-hybridized carbons (Fsp3) is 0.588. The van der Waals surface area contributed by atoms with E-state index in [1.165, 1.54) is 12.8 Å². The van der Waals surface area contributed by atoms with E-state index in [0.29, 0.717) is 19.1 Å². The zero-order valence-electron chi connectivity index (χ0n) is 12.5. The second-order valence-corrected chi connectivity index (χ2v) is 6.25. The van der Waals surface area contributed by atoms with Gasteiger partial charge in [0.05, 0.1) is 19.8 Å². The predicted octanol–water partition coefficient (Wildman–Crippen LogP) is 3.02. The fourth-order valence-electron chi connectivity index (χ4n) is 2.45. The normalized spacial score (nSPS) is 18.9. The molecule has 0 radical (unpaired) electrons. The van der Waals surface area contributed by atoms with Crippen LogP contribution >= 0.6 is 0 Å². The van der Waals surface area contributed by atoms with Gasteiger partial charge in [-0.2, -0.15) is 5.26 Å². The molecule has 112 valence electrons. The summed E-state index contributed by atoms with van der Waals surface area (Å²) in [4.78, 5) is 0. The smallest absolute Gasteiger partial charge is 0.124 e. The van der Waals surface area contributed by atoms with Gasteiger partial charge in [0, 0.05) is 30.0 Å². The lowest BCUT2D eigenvalue weighted by Crippen LogP contribution is -2.18. The zero-order valence-corrected chi connectivity index (χ0v) is 12.5. The van der Waals surface area contributed by atoms with Crippen LogP contribution in [-0.4, -0.2) is 19.8 Å². The molecule has 1 aromatic rings. The molecule has 2 fully saturated rings. The van der Waals surface area contributed by atoms with E-state index < -0.39 is 0 Å². The molecule has 0 atom stereocenters. The number of hydrogen-bond donors (Lipinski definition) is 1. The lowest BCUT2D eigenvalue weighted by atomic mass is 10.1. The van der Waals surface area contributed by atoms with E-state index in [2.05, 4.69) is 11.4 Å². The third-order valence-electron chi connectivity index (χ3n) is 4.37. The van der Waals surface area contributed by atoms with Gasteiger partial charge in [-0.3, -0.25) is 0 Å². The number of nitriles is 1. The Hall–Kier alpha value is -1.73. The van der Waals surface area contributed by atoms with Crippen molar-refractivity contribution in [2.45, 2.75) is 44.7 Å². The van der Waals surface area contributed by atoms with E-state index in [1.807, 2.05) is 18.2 Å². The standard InChI is InChI=1S/C17H22N2O2/c1-20-15-4-5-16(13(10-15)11-19-14-2-3-14)21-12-17(6-7-17)8-9-18/h4-5,10,14,19H,2-3,6-8,11-12H2,1H3. The van der Waals surface area contributed by atoms with Crippen molar-refractivity contribution >= 4 is 0 Å². The van der Waals surface area contributed by atoms with Gasteiger partial charge in [-0.05, 0) is 43.9 Å². The third kappa shape index (κ3) is 3.68. The number of methoxy groups -OCH3 is 1. The lowest BCUT2D eigenvalue weighted by Gasteiger charge is -2.17. The molecule has 4 nitrogen and oxygen atoms in total. The van der Waals surface area contributed by atoms with Crippen molar-refractivity contribution in [3.8, 4) is 17.6 Å². The molecule has 21 heavy (non-hydrogen) atoms. The number of nitrogens with one attached hydrogen (secondary N) is 1. The predicted molar refractivity (Wildman–Crippen MR) is 80.2 cm³/mol. The molecule has 4 heteroatoms. The minimum absolute atomic E-state index is 0.107. The maximum absolute atomic E-state index is 8.88. The Kier molecular flexibility index (Phi) is 4.03. The molecular formula is C17H22N2O2. The second kappa shape index (κ2) is 5.95. The number of hydrogen-bond acceptors (Lipinski definition) is 4. The summed E-state index contributed by atoms with van der Waals surface area (Å²) < 4.78 is 11.3. The summed E-state index contributed by atoms with van der Waals surface area (Å²) in [6.45, 7) is 1.45. The van der Waals surface area contributed by atoms with Gasteiger partial charge in [0.25, 0.3) is 0 Å². The average molecular weight is 286 g/mol. The van der Waals surface area contributed by atoms with Crippen molar-refractivity contribution in [2.24, 2.45) is 5.41 Å². The lowest BCUT2D eigenvalue weighted by molar-refractivity contribution is 0.234. The number of benzene rings is 1. The molecular weight excluding hydrogens is 264 g/mol. The quantitative estimate of drug-likeness (QED) is 0.798. The van der Waals surface area contributed by atoms with Crippen molar-refractivity contribution in [3.63, 3.8) is 0 Å². The summed E-state index contributed by atoms with van der Waals surface area (Å²) in [6, 6.07) is 8.88. The van der Waals surface area contributed by atoms with Crippen LogP contribution < -0.4 is 14.8 Å². The van der Waals surface area contributed by atoms with Crippen LogP contribution in [0.3, 0.4) is 0 Å². The average Bonchev–Trinajstić information content (AvgIpc) is 3.40. The van der Waals surface area contributed by atoms with Crippen LogP contribution in [0.4, 0.5) is 0 Å². The molecule has 1 aromatic carbocycles. The van der Waals surface area contributed by atoms with Crippen LogP contribution in [0.2, 0.25) is 0 Å². The molecule has 0 amide bonds. The van der Waals surface area contributed by atoms with E-state index in [9.17, 15) is 0 Å². The summed E-state index contributed by atoms with van der Waals surface area (Å²) in [5.74, 6) is 1.77. The van der Waals surface area contributed by atoms with Crippen LogP contribution in [0.1, 0.15) is 37.7 Å².